The molecule has 4 aromatic rings. The normalized spacial score (nSPS) is 11.6. The molecule has 0 aliphatic rings. The Bertz CT molecular complexity index is 1240. The fraction of sp³-hybridized carbons (Fsp3) is 0.286. The molecule has 0 amide bonds. The minimum absolute atomic E-state index is 0.0375. The van der Waals surface area contributed by atoms with Crippen LogP contribution in [0.25, 0.3) is 23.1 Å². The molecule has 0 spiro atoms. The number of halogens is 3. The van der Waals surface area contributed by atoms with Gasteiger partial charge < -0.3 is 19.1 Å². The molecule has 3 aromatic heterocycles. The molecule has 178 valence electrons. The Morgan fingerprint density at radius 2 is 1.88 bits per heavy atom. The number of aryl methyl sites for hydroxylation is 1. The first-order valence-corrected chi connectivity index (χ1v) is 10.1. The zero-order valence-corrected chi connectivity index (χ0v) is 17.9. The molecule has 0 aliphatic heterocycles. The van der Waals surface area contributed by atoms with Crippen LogP contribution in [0.4, 0.5) is 13.2 Å². The highest BCUT2D eigenvalue weighted by Crippen LogP contribution is 2.26. The molecule has 0 unspecified atom stereocenters. The van der Waals surface area contributed by atoms with Crippen molar-refractivity contribution in [2.75, 3.05) is 13.2 Å². The molecule has 1 N–H and O–H groups in total. The molecule has 0 aliphatic carbocycles. The molecule has 0 fully saturated rings. The summed E-state index contributed by atoms with van der Waals surface area (Å²) in [5, 5.41) is 17.1. The van der Waals surface area contributed by atoms with Gasteiger partial charge in [-0.25, -0.2) is 14.6 Å². The maximum atomic E-state index is 12.3. The molecule has 13 heteroatoms. The summed E-state index contributed by atoms with van der Waals surface area (Å²) < 4.78 is 53.2. The van der Waals surface area contributed by atoms with Gasteiger partial charge in [-0.3, -0.25) is 0 Å². The number of aromatic nitrogens is 6. The lowest BCUT2D eigenvalue weighted by molar-refractivity contribution is -0.274. The van der Waals surface area contributed by atoms with Gasteiger partial charge in [0.05, 0.1) is 13.2 Å². The van der Waals surface area contributed by atoms with Gasteiger partial charge in [0.1, 0.15) is 11.6 Å². The van der Waals surface area contributed by atoms with E-state index in [-0.39, 0.29) is 29.9 Å². The van der Waals surface area contributed by atoms with Crippen molar-refractivity contribution in [2.45, 2.75) is 26.3 Å². The molecular weight excluding hydrogens is 457 g/mol. The third kappa shape index (κ3) is 5.86. The molecule has 0 saturated carbocycles. The van der Waals surface area contributed by atoms with Crippen LogP contribution in [0.2, 0.25) is 0 Å². The zero-order chi connectivity index (χ0) is 24.1. The molecule has 4 rings (SSSR count). The van der Waals surface area contributed by atoms with Crippen LogP contribution in [0.15, 0.2) is 47.1 Å². The van der Waals surface area contributed by atoms with Crippen molar-refractivity contribution < 1.29 is 32.3 Å². The van der Waals surface area contributed by atoms with Crippen LogP contribution >= 0.6 is 0 Å². The van der Waals surface area contributed by atoms with Crippen LogP contribution in [0.1, 0.15) is 17.8 Å². The second kappa shape index (κ2) is 9.87. The van der Waals surface area contributed by atoms with Crippen molar-refractivity contribution in [1.82, 2.24) is 29.9 Å². The van der Waals surface area contributed by atoms with Crippen molar-refractivity contribution in [2.24, 2.45) is 0 Å². The summed E-state index contributed by atoms with van der Waals surface area (Å²) in [6.07, 6.45) is -2.64. The van der Waals surface area contributed by atoms with Gasteiger partial charge >= 0.3 is 6.36 Å². The Kier molecular flexibility index (Phi) is 6.72. The number of benzene rings is 1. The number of aliphatic hydroxyl groups is 1. The molecule has 0 radical (unpaired) electrons. The van der Waals surface area contributed by atoms with Gasteiger partial charge in [-0.15, -0.1) is 18.3 Å². The summed E-state index contributed by atoms with van der Waals surface area (Å²) in [6.45, 7) is 2.55. The van der Waals surface area contributed by atoms with Crippen molar-refractivity contribution in [3.05, 3.63) is 54.0 Å². The molecule has 0 bridgehead atoms. The predicted molar refractivity (Wildman–Crippen MR) is 111 cm³/mol. The van der Waals surface area contributed by atoms with E-state index in [0.717, 1.165) is 17.7 Å². The first kappa shape index (κ1) is 23.2. The van der Waals surface area contributed by atoms with E-state index < -0.39 is 6.36 Å². The lowest BCUT2D eigenvalue weighted by Gasteiger charge is -2.08. The minimum Gasteiger partial charge on any atom is -0.478 e. The highest BCUT2D eigenvalue weighted by molar-refractivity contribution is 5.57. The summed E-state index contributed by atoms with van der Waals surface area (Å²) in [6, 6.07) is 8.68. The zero-order valence-electron chi connectivity index (χ0n) is 17.9. The summed E-state index contributed by atoms with van der Waals surface area (Å²) >= 11 is 0. The van der Waals surface area contributed by atoms with E-state index in [1.807, 2.05) is 6.07 Å². The average Bonchev–Trinajstić information content (AvgIpc) is 3.41. The third-order valence-corrected chi connectivity index (χ3v) is 4.50. The lowest BCUT2D eigenvalue weighted by atomic mass is 10.2. The Hall–Kier alpha value is -4.00. The fourth-order valence-corrected chi connectivity index (χ4v) is 2.94. The fourth-order valence-electron chi connectivity index (χ4n) is 2.94. The number of hydrogen-bond acceptors (Lipinski definition) is 9. The summed E-state index contributed by atoms with van der Waals surface area (Å²) in [7, 11) is 0. The van der Waals surface area contributed by atoms with Crippen molar-refractivity contribution in [3.8, 4) is 34.7 Å². The SMILES string of the molecule is Cc1nc(-c2nc(-c3ccc(OC(F)(F)F)cc3)no2)nn1Cc1ccnc(OCCCO)c1. The molecule has 34 heavy (non-hydrogen) atoms. The van der Waals surface area contributed by atoms with E-state index >= 15 is 0 Å². The van der Waals surface area contributed by atoms with Crippen LogP contribution in [0.3, 0.4) is 0 Å². The second-order valence-corrected chi connectivity index (χ2v) is 7.06. The van der Waals surface area contributed by atoms with Crippen LogP contribution < -0.4 is 9.47 Å². The Morgan fingerprint density at radius 3 is 2.62 bits per heavy atom. The second-order valence-electron chi connectivity index (χ2n) is 7.06. The smallest absolute Gasteiger partial charge is 0.478 e. The third-order valence-electron chi connectivity index (χ3n) is 4.50. The van der Waals surface area contributed by atoms with Crippen molar-refractivity contribution in [3.63, 3.8) is 0 Å². The van der Waals surface area contributed by atoms with Crippen LogP contribution in [-0.2, 0) is 6.54 Å². The highest BCUT2D eigenvalue weighted by Gasteiger charge is 2.31. The highest BCUT2D eigenvalue weighted by atomic mass is 19.4. The molecule has 0 atom stereocenters. The summed E-state index contributed by atoms with van der Waals surface area (Å²) in [5.41, 5.74) is 1.31. The van der Waals surface area contributed by atoms with Gasteiger partial charge in [-0.2, -0.15) is 4.98 Å². The van der Waals surface area contributed by atoms with Crippen LogP contribution in [0.5, 0.6) is 11.6 Å². The Labute approximate surface area is 191 Å². The molecule has 3 heterocycles. The first-order chi connectivity index (χ1) is 16.3. The van der Waals surface area contributed by atoms with E-state index in [1.54, 1.807) is 23.9 Å². The maximum Gasteiger partial charge on any atom is 0.573 e. The minimum atomic E-state index is -4.77. The Morgan fingerprint density at radius 1 is 1.09 bits per heavy atom. The van der Waals surface area contributed by atoms with E-state index in [4.69, 9.17) is 14.4 Å². The first-order valence-electron chi connectivity index (χ1n) is 10.1. The van der Waals surface area contributed by atoms with Gasteiger partial charge in [0, 0.05) is 30.9 Å². The van der Waals surface area contributed by atoms with E-state index in [9.17, 15) is 13.2 Å². The van der Waals surface area contributed by atoms with Crippen LogP contribution in [0, 0.1) is 6.92 Å². The number of pyridine rings is 1. The number of aliphatic hydroxyl groups excluding tert-OH is 1. The quantitative estimate of drug-likeness (QED) is 0.362. The number of rotatable bonds is 9. The molecule has 1 aromatic carbocycles. The number of ether oxygens (including phenoxy) is 2. The van der Waals surface area contributed by atoms with Gasteiger partial charge in [-0.1, -0.05) is 5.16 Å². The summed E-state index contributed by atoms with van der Waals surface area (Å²) in [5.74, 6) is 1.13. The van der Waals surface area contributed by atoms with Crippen molar-refractivity contribution in [1.29, 1.82) is 0 Å². The summed E-state index contributed by atoms with van der Waals surface area (Å²) in [4.78, 5) is 12.7. The monoisotopic (exact) mass is 476 g/mol. The average molecular weight is 476 g/mol. The molecule has 0 saturated heterocycles. The van der Waals surface area contributed by atoms with Gasteiger partial charge in [0.15, 0.2) is 0 Å². The van der Waals surface area contributed by atoms with Gasteiger partial charge in [0.2, 0.25) is 17.5 Å². The Balaban J connectivity index is 1.46. The largest absolute Gasteiger partial charge is 0.573 e. The number of alkyl halides is 3. The topological polar surface area (TPSA) is 121 Å². The van der Waals surface area contributed by atoms with E-state index in [0.29, 0.717) is 36.8 Å². The lowest BCUT2D eigenvalue weighted by Crippen LogP contribution is -2.16. The molecular formula is C21H19F3N6O4. The standard InChI is InChI=1S/C21H19F3N6O4/c1-13-26-19(28-30(13)12-14-7-8-25-17(11-14)32-10-2-9-31)20-27-18(29-34-20)15-3-5-16(6-4-15)33-21(22,23)24/h3-8,11,31H,2,9-10,12H2,1H3. The van der Waals surface area contributed by atoms with Crippen molar-refractivity contribution >= 4 is 0 Å². The predicted octanol–water partition coefficient (Wildman–Crippen LogP) is 3.41. The molecule has 10 nitrogen and oxygen atoms in total. The van der Waals surface area contributed by atoms with E-state index in [2.05, 4.69) is 29.9 Å². The number of hydrogen-bond donors (Lipinski definition) is 1. The van der Waals surface area contributed by atoms with Gasteiger partial charge in [0.25, 0.3) is 5.89 Å². The van der Waals surface area contributed by atoms with Crippen LogP contribution in [-0.4, -0.2) is 54.6 Å². The van der Waals surface area contributed by atoms with Gasteiger partial charge in [-0.05, 0) is 42.8 Å². The number of nitrogens with zero attached hydrogens (tertiary/aromatic N) is 6. The van der Waals surface area contributed by atoms with E-state index in [1.165, 1.54) is 12.1 Å². The maximum absolute atomic E-state index is 12.3.